The number of nitrogens with zero attached hydrogens (tertiary/aromatic N) is 1. The Balaban J connectivity index is 1.26. The van der Waals surface area contributed by atoms with E-state index >= 15 is 0 Å². The Morgan fingerprint density at radius 2 is 1.43 bits per heavy atom. The smallest absolute Gasteiger partial charge is 0.206 e. The molecule has 1 aliphatic heterocycles. The summed E-state index contributed by atoms with van der Waals surface area (Å²) in [7, 11) is 0.888. The maximum Gasteiger partial charge on any atom is 0.206 e. The van der Waals surface area contributed by atoms with Crippen LogP contribution in [0.5, 0.6) is 0 Å². The number of aryl methyl sites for hydroxylation is 2. The Hall–Kier alpha value is -4.74. The highest BCUT2D eigenvalue weighted by Crippen LogP contribution is 2.51. The zero-order valence-corrected chi connectivity index (χ0v) is 29.9. The second-order valence-electron chi connectivity index (χ2n) is 15.8. The van der Waals surface area contributed by atoms with Gasteiger partial charge in [-0.15, -0.1) is 11.3 Å². The normalized spacial score (nSPS) is 16.2. The Morgan fingerprint density at radius 3 is 2.24 bits per heavy atom. The lowest BCUT2D eigenvalue weighted by atomic mass is 9.58. The molecule has 5 aromatic carbocycles. The number of fused-ring (bicyclic) bond motifs is 10. The molecule has 0 bridgehead atoms. The van der Waals surface area contributed by atoms with Crippen LogP contribution in [-0.2, 0) is 10.8 Å². The van der Waals surface area contributed by atoms with E-state index in [4.69, 9.17) is 4.42 Å². The molecule has 5 heteroatoms. The Bertz CT molecular complexity index is 2690. The van der Waals surface area contributed by atoms with E-state index < -0.39 is 0 Å². The van der Waals surface area contributed by atoms with Crippen molar-refractivity contribution in [1.29, 1.82) is 0 Å². The molecule has 0 amide bonds. The fourth-order valence-corrected chi connectivity index (χ4v) is 10.2. The number of nitrogens with one attached hydrogen (secondary N) is 1. The molecule has 0 unspecified atom stereocenters. The van der Waals surface area contributed by atoms with Crippen molar-refractivity contribution in [1.82, 2.24) is 4.98 Å². The number of anilines is 3. The van der Waals surface area contributed by atoms with Crippen molar-refractivity contribution < 1.29 is 4.42 Å². The van der Waals surface area contributed by atoms with Crippen molar-refractivity contribution in [3.05, 3.63) is 113 Å². The van der Waals surface area contributed by atoms with Gasteiger partial charge in [-0.3, -0.25) is 0 Å². The van der Waals surface area contributed by atoms with Crippen molar-refractivity contribution in [3.8, 4) is 11.1 Å². The van der Waals surface area contributed by atoms with Gasteiger partial charge in [0.2, 0.25) is 13.0 Å². The van der Waals surface area contributed by atoms with E-state index in [0.29, 0.717) is 0 Å². The third-order valence-electron chi connectivity index (χ3n) is 11.7. The van der Waals surface area contributed by atoms with E-state index in [2.05, 4.69) is 136 Å². The summed E-state index contributed by atoms with van der Waals surface area (Å²) in [6.07, 6.45) is 2.41. The van der Waals surface area contributed by atoms with Gasteiger partial charge in [-0.2, -0.15) is 0 Å². The minimum Gasteiger partial charge on any atom is -0.440 e. The third kappa shape index (κ3) is 4.09. The van der Waals surface area contributed by atoms with Gasteiger partial charge in [0.15, 0.2) is 0 Å². The van der Waals surface area contributed by atoms with Gasteiger partial charge < -0.3 is 14.3 Å². The summed E-state index contributed by atoms with van der Waals surface area (Å²) in [5, 5.41) is 6.24. The van der Waals surface area contributed by atoms with Gasteiger partial charge in [0.25, 0.3) is 0 Å². The number of furan rings is 1. The molecule has 3 aromatic heterocycles. The van der Waals surface area contributed by atoms with E-state index in [-0.39, 0.29) is 10.8 Å². The summed E-state index contributed by atoms with van der Waals surface area (Å²) in [6, 6.07) is 34.0. The molecule has 0 radical (unpaired) electrons. The molecule has 0 spiro atoms. The largest absolute Gasteiger partial charge is 0.440 e. The number of rotatable bonds is 2. The highest BCUT2D eigenvalue weighted by atomic mass is 32.1. The molecule has 1 N–H and O–H groups in total. The lowest BCUT2D eigenvalue weighted by molar-refractivity contribution is 0.332. The van der Waals surface area contributed by atoms with Gasteiger partial charge in [0.05, 0.1) is 21.6 Å². The first-order valence-electron chi connectivity index (χ1n) is 17.6. The molecule has 8 aromatic rings. The molecular formula is C44H39BN2OS. The molecule has 1 aliphatic carbocycles. The minimum atomic E-state index is 0.122. The summed E-state index contributed by atoms with van der Waals surface area (Å²) in [6.45, 7) is 14.3. The zero-order valence-electron chi connectivity index (χ0n) is 29.0. The van der Waals surface area contributed by atoms with Crippen molar-refractivity contribution in [2.45, 2.75) is 65.2 Å². The van der Waals surface area contributed by atoms with Crippen LogP contribution in [0.25, 0.3) is 54.2 Å². The van der Waals surface area contributed by atoms with Crippen LogP contribution in [0, 0.1) is 13.8 Å². The SMILES string of the molecule is Cc1cc(-c2cccc3c2[nH]c2oc4ccccc4c23)c2c(c1)N(c1cc3c(cc1C)C(C)(C)CCC3(C)C)c1sc3ccccc3c1B2. The number of H-pyrrole nitrogens is 1. The van der Waals surface area contributed by atoms with Crippen LogP contribution >= 0.6 is 11.3 Å². The van der Waals surface area contributed by atoms with Gasteiger partial charge in [0, 0.05) is 26.7 Å². The Morgan fingerprint density at radius 1 is 0.714 bits per heavy atom. The molecule has 49 heavy (non-hydrogen) atoms. The van der Waals surface area contributed by atoms with Gasteiger partial charge in [-0.05, 0) is 106 Å². The second kappa shape index (κ2) is 9.92. The molecule has 2 aliphatic rings. The predicted molar refractivity (Wildman–Crippen MR) is 212 cm³/mol. The average molecular weight is 655 g/mol. The number of benzene rings is 5. The van der Waals surface area contributed by atoms with Gasteiger partial charge in [-0.25, -0.2) is 0 Å². The highest BCUT2D eigenvalue weighted by Gasteiger charge is 2.39. The topological polar surface area (TPSA) is 32.2 Å². The van der Waals surface area contributed by atoms with Crippen LogP contribution in [-0.4, -0.2) is 12.3 Å². The Labute approximate surface area is 291 Å². The van der Waals surface area contributed by atoms with Gasteiger partial charge in [-0.1, -0.05) is 94.4 Å². The van der Waals surface area contributed by atoms with Crippen molar-refractivity contribution in [2.75, 3.05) is 4.90 Å². The summed E-state index contributed by atoms with van der Waals surface area (Å²) >= 11 is 1.93. The van der Waals surface area contributed by atoms with E-state index in [9.17, 15) is 0 Å². The fraction of sp³-hybridized carbons (Fsp3) is 0.227. The predicted octanol–water partition coefficient (Wildman–Crippen LogP) is 11.1. The summed E-state index contributed by atoms with van der Waals surface area (Å²) in [5.41, 5.74) is 16.7. The lowest BCUT2D eigenvalue weighted by Crippen LogP contribution is -2.40. The maximum atomic E-state index is 6.35. The second-order valence-corrected chi connectivity index (χ2v) is 16.8. The summed E-state index contributed by atoms with van der Waals surface area (Å²) in [5.74, 6) is 0. The van der Waals surface area contributed by atoms with E-state index in [0.717, 1.165) is 34.9 Å². The fourth-order valence-electron chi connectivity index (χ4n) is 8.97. The molecular weight excluding hydrogens is 615 g/mol. The number of aromatic nitrogens is 1. The quantitative estimate of drug-likeness (QED) is 0.188. The number of thiophene rings is 1. The standard InChI is InChI=1S/C44H39BN2OS/c1-24-20-30(26-14-11-15-29-37-27-12-7-9-16-35(27)48-41(37)46-40(26)29)38-34(21-24)47(42-39(45-38)28-13-8-10-17-36(28)49-42)33-23-32-31(22-25(33)2)43(3,4)18-19-44(32,5)6/h7-17,20-23,45-46H,18-19H2,1-6H3. The lowest BCUT2D eigenvalue weighted by Gasteiger charge is -2.43. The van der Waals surface area contributed by atoms with Crippen LogP contribution in [0.1, 0.15) is 62.8 Å². The number of hydrogen-bond acceptors (Lipinski definition) is 3. The number of para-hydroxylation sites is 2. The third-order valence-corrected chi connectivity index (χ3v) is 12.9. The van der Waals surface area contributed by atoms with Crippen LogP contribution < -0.4 is 15.8 Å². The van der Waals surface area contributed by atoms with Crippen molar-refractivity contribution >= 4 is 89.0 Å². The molecule has 0 fully saturated rings. The van der Waals surface area contributed by atoms with Crippen LogP contribution in [0.3, 0.4) is 0 Å². The number of hydrogen-bond donors (Lipinski definition) is 1. The van der Waals surface area contributed by atoms with Crippen LogP contribution in [0.15, 0.2) is 95.4 Å². The zero-order chi connectivity index (χ0) is 33.4. The van der Waals surface area contributed by atoms with E-state index in [1.807, 2.05) is 17.4 Å². The molecule has 0 saturated heterocycles. The van der Waals surface area contributed by atoms with Crippen LogP contribution in [0.2, 0.25) is 0 Å². The monoisotopic (exact) mass is 654 g/mol. The molecule has 240 valence electrons. The first kappa shape index (κ1) is 29.2. The maximum absolute atomic E-state index is 6.35. The average Bonchev–Trinajstić information content (AvgIpc) is 3.75. The first-order chi connectivity index (χ1) is 23.6. The van der Waals surface area contributed by atoms with E-state index in [1.54, 1.807) is 0 Å². The molecule has 3 nitrogen and oxygen atoms in total. The summed E-state index contributed by atoms with van der Waals surface area (Å²) in [4.78, 5) is 6.35. The van der Waals surface area contributed by atoms with Gasteiger partial charge in [0.1, 0.15) is 5.58 Å². The van der Waals surface area contributed by atoms with E-state index in [1.165, 1.54) is 89.0 Å². The minimum absolute atomic E-state index is 0.122. The van der Waals surface area contributed by atoms with Gasteiger partial charge >= 0.3 is 0 Å². The van der Waals surface area contributed by atoms with Crippen molar-refractivity contribution in [3.63, 3.8) is 0 Å². The Kier molecular flexibility index (Phi) is 5.91. The molecule has 0 atom stereocenters. The molecule has 10 rings (SSSR count). The van der Waals surface area contributed by atoms with Crippen molar-refractivity contribution in [2.24, 2.45) is 0 Å². The molecule has 4 heterocycles. The number of aromatic amines is 1. The highest BCUT2D eigenvalue weighted by molar-refractivity contribution is 7.25. The first-order valence-corrected chi connectivity index (χ1v) is 18.4. The molecule has 0 saturated carbocycles. The van der Waals surface area contributed by atoms with Crippen LogP contribution in [0.4, 0.5) is 16.4 Å². The summed E-state index contributed by atoms with van der Waals surface area (Å²) < 4.78 is 7.70.